The van der Waals surface area contributed by atoms with Gasteiger partial charge in [-0.05, 0) is 55.1 Å². The Labute approximate surface area is 146 Å². The first kappa shape index (κ1) is 18.4. The van der Waals surface area contributed by atoms with Gasteiger partial charge in [0.2, 0.25) is 15.9 Å². The van der Waals surface area contributed by atoms with Gasteiger partial charge in [-0.15, -0.1) is 11.3 Å². The van der Waals surface area contributed by atoms with Gasteiger partial charge < -0.3 is 5.32 Å². The Morgan fingerprint density at radius 2 is 1.96 bits per heavy atom. The van der Waals surface area contributed by atoms with Crippen LogP contribution in [-0.4, -0.2) is 20.4 Å². The zero-order valence-corrected chi connectivity index (χ0v) is 15.2. The average molecular weight is 364 g/mol. The number of benzene rings is 1. The smallest absolute Gasteiger partial charge is 0.248 e. The number of hydrogen-bond donors (Lipinski definition) is 2. The van der Waals surface area contributed by atoms with Crippen LogP contribution in [-0.2, 0) is 14.8 Å². The Hall–Kier alpha value is -1.96. The summed E-state index contributed by atoms with van der Waals surface area (Å²) in [5.41, 5.74) is 0.540. The Morgan fingerprint density at radius 3 is 2.54 bits per heavy atom. The van der Waals surface area contributed by atoms with Gasteiger partial charge in [0, 0.05) is 22.7 Å². The van der Waals surface area contributed by atoms with Gasteiger partial charge in [-0.1, -0.05) is 13.0 Å². The van der Waals surface area contributed by atoms with Crippen molar-refractivity contribution in [2.45, 2.75) is 31.2 Å². The number of sulfonamides is 1. The Kier molecular flexibility index (Phi) is 6.30. The first-order chi connectivity index (χ1) is 11.4. The zero-order chi connectivity index (χ0) is 17.6. The Bertz CT molecular complexity index is 795. The van der Waals surface area contributed by atoms with Crippen molar-refractivity contribution in [1.29, 1.82) is 0 Å². The van der Waals surface area contributed by atoms with E-state index in [1.165, 1.54) is 18.2 Å². The average Bonchev–Trinajstić information content (AvgIpc) is 3.06. The van der Waals surface area contributed by atoms with Crippen molar-refractivity contribution in [3.63, 3.8) is 0 Å². The van der Waals surface area contributed by atoms with Crippen molar-refractivity contribution in [2.75, 3.05) is 5.32 Å². The molecule has 0 radical (unpaired) electrons. The van der Waals surface area contributed by atoms with Crippen molar-refractivity contribution < 1.29 is 13.2 Å². The van der Waals surface area contributed by atoms with Crippen LogP contribution in [0, 0.1) is 0 Å². The summed E-state index contributed by atoms with van der Waals surface area (Å²) < 4.78 is 26.9. The summed E-state index contributed by atoms with van der Waals surface area (Å²) in [5.74, 6) is -0.267. The summed E-state index contributed by atoms with van der Waals surface area (Å²) >= 11 is 1.54. The molecule has 0 aliphatic rings. The highest BCUT2D eigenvalue weighted by Gasteiger charge is 2.16. The SMILES string of the molecule is CCC(C)NS(=O)(=O)c1ccc(NC(=O)/C=C/c2cccs2)cc1. The number of nitrogens with one attached hydrogen (secondary N) is 2. The van der Waals surface area contributed by atoms with E-state index < -0.39 is 10.0 Å². The van der Waals surface area contributed by atoms with Gasteiger partial charge in [0.15, 0.2) is 0 Å². The normalized spacial score (nSPS) is 13.1. The van der Waals surface area contributed by atoms with Crippen LogP contribution in [0.15, 0.2) is 52.7 Å². The topological polar surface area (TPSA) is 75.3 Å². The number of anilines is 1. The third kappa shape index (κ3) is 5.30. The molecule has 0 saturated heterocycles. The first-order valence-corrected chi connectivity index (χ1v) is 9.92. The molecule has 0 spiro atoms. The van der Waals surface area contributed by atoms with Gasteiger partial charge in [-0.2, -0.15) is 0 Å². The monoisotopic (exact) mass is 364 g/mol. The second-order valence-electron chi connectivity index (χ2n) is 5.29. The number of thiophene rings is 1. The van der Waals surface area contributed by atoms with Crippen LogP contribution in [0.1, 0.15) is 25.1 Å². The van der Waals surface area contributed by atoms with Gasteiger partial charge in [-0.25, -0.2) is 13.1 Å². The maximum absolute atomic E-state index is 12.2. The van der Waals surface area contributed by atoms with Crippen LogP contribution in [0.4, 0.5) is 5.69 Å². The van der Waals surface area contributed by atoms with Gasteiger partial charge in [0.05, 0.1) is 4.90 Å². The van der Waals surface area contributed by atoms with Gasteiger partial charge >= 0.3 is 0 Å². The molecule has 1 heterocycles. The fourth-order valence-corrected chi connectivity index (χ4v) is 3.81. The van der Waals surface area contributed by atoms with E-state index in [1.807, 2.05) is 31.4 Å². The van der Waals surface area contributed by atoms with E-state index >= 15 is 0 Å². The van der Waals surface area contributed by atoms with Crippen molar-refractivity contribution in [3.8, 4) is 0 Å². The zero-order valence-electron chi connectivity index (χ0n) is 13.5. The second kappa shape index (κ2) is 8.23. The molecular weight excluding hydrogens is 344 g/mol. The third-order valence-electron chi connectivity index (χ3n) is 3.34. The Morgan fingerprint density at radius 1 is 1.25 bits per heavy atom. The minimum Gasteiger partial charge on any atom is -0.323 e. The van der Waals surface area contributed by atoms with Gasteiger partial charge in [-0.3, -0.25) is 4.79 Å². The van der Waals surface area contributed by atoms with Crippen molar-refractivity contribution in [1.82, 2.24) is 4.72 Å². The predicted molar refractivity (Wildman–Crippen MR) is 98.5 cm³/mol. The fourth-order valence-electron chi connectivity index (χ4n) is 1.86. The fraction of sp³-hybridized carbons (Fsp3) is 0.235. The van der Waals surface area contributed by atoms with Crippen LogP contribution in [0.2, 0.25) is 0 Å². The lowest BCUT2D eigenvalue weighted by Crippen LogP contribution is -2.31. The molecule has 0 saturated carbocycles. The van der Waals surface area contributed by atoms with Crippen molar-refractivity contribution in [3.05, 3.63) is 52.7 Å². The maximum Gasteiger partial charge on any atom is 0.248 e. The van der Waals surface area contributed by atoms with Crippen LogP contribution in [0.25, 0.3) is 6.08 Å². The summed E-state index contributed by atoms with van der Waals surface area (Å²) in [7, 11) is -3.53. The standard InChI is InChI=1S/C17H20N2O3S2/c1-3-13(2)19-24(21,22)16-9-6-14(7-10-16)18-17(20)11-8-15-5-4-12-23-15/h4-13,19H,3H2,1-2H3,(H,18,20)/b11-8+. The number of hydrogen-bond acceptors (Lipinski definition) is 4. The molecule has 2 aromatic rings. The minimum absolute atomic E-state index is 0.128. The molecule has 1 aromatic carbocycles. The molecule has 7 heteroatoms. The van der Waals surface area contributed by atoms with Gasteiger partial charge in [0.25, 0.3) is 0 Å². The molecule has 1 unspecified atom stereocenters. The predicted octanol–water partition coefficient (Wildman–Crippen LogP) is 3.48. The lowest BCUT2D eigenvalue weighted by molar-refractivity contribution is -0.111. The molecule has 1 aromatic heterocycles. The van der Waals surface area contributed by atoms with Crippen LogP contribution >= 0.6 is 11.3 Å². The molecule has 5 nitrogen and oxygen atoms in total. The molecule has 2 N–H and O–H groups in total. The van der Waals surface area contributed by atoms with Crippen LogP contribution < -0.4 is 10.0 Å². The molecule has 0 fully saturated rings. The number of amides is 1. The highest BCUT2D eigenvalue weighted by Crippen LogP contribution is 2.15. The van der Waals surface area contributed by atoms with Gasteiger partial charge in [0.1, 0.15) is 0 Å². The second-order valence-corrected chi connectivity index (χ2v) is 7.99. The molecule has 128 valence electrons. The molecular formula is C17H20N2O3S2. The van der Waals surface area contributed by atoms with E-state index in [9.17, 15) is 13.2 Å². The molecule has 1 atom stereocenters. The highest BCUT2D eigenvalue weighted by atomic mass is 32.2. The van der Waals surface area contributed by atoms with E-state index in [2.05, 4.69) is 10.0 Å². The summed E-state index contributed by atoms with van der Waals surface area (Å²) in [5, 5.41) is 4.63. The van der Waals surface area contributed by atoms with E-state index in [0.717, 1.165) is 4.88 Å². The number of carbonyl (C=O) groups excluding carboxylic acids is 1. The summed E-state index contributed by atoms with van der Waals surface area (Å²) in [4.78, 5) is 13.0. The quantitative estimate of drug-likeness (QED) is 0.739. The largest absolute Gasteiger partial charge is 0.323 e. The third-order valence-corrected chi connectivity index (χ3v) is 5.79. The molecule has 24 heavy (non-hydrogen) atoms. The van der Waals surface area contributed by atoms with Crippen LogP contribution in [0.3, 0.4) is 0 Å². The minimum atomic E-state index is -3.53. The lowest BCUT2D eigenvalue weighted by atomic mass is 10.3. The number of carbonyl (C=O) groups is 1. The van der Waals surface area contributed by atoms with Crippen molar-refractivity contribution in [2.24, 2.45) is 0 Å². The van der Waals surface area contributed by atoms with E-state index in [1.54, 1.807) is 29.5 Å². The Balaban J connectivity index is 2.00. The lowest BCUT2D eigenvalue weighted by Gasteiger charge is -2.12. The summed E-state index contributed by atoms with van der Waals surface area (Å²) in [6.07, 6.45) is 3.89. The summed E-state index contributed by atoms with van der Waals surface area (Å²) in [6, 6.07) is 9.79. The first-order valence-electron chi connectivity index (χ1n) is 7.55. The van der Waals surface area contributed by atoms with E-state index in [0.29, 0.717) is 12.1 Å². The molecule has 0 aliphatic heterocycles. The van der Waals surface area contributed by atoms with E-state index in [-0.39, 0.29) is 16.8 Å². The van der Waals surface area contributed by atoms with Crippen molar-refractivity contribution >= 4 is 39.0 Å². The van der Waals surface area contributed by atoms with Crippen LogP contribution in [0.5, 0.6) is 0 Å². The molecule has 1 amide bonds. The highest BCUT2D eigenvalue weighted by molar-refractivity contribution is 7.89. The molecule has 0 aliphatic carbocycles. The van der Waals surface area contributed by atoms with E-state index in [4.69, 9.17) is 0 Å². The molecule has 2 rings (SSSR count). The summed E-state index contributed by atoms with van der Waals surface area (Å²) in [6.45, 7) is 3.72. The maximum atomic E-state index is 12.2. The number of rotatable bonds is 7. The molecule has 0 bridgehead atoms.